The van der Waals surface area contributed by atoms with Gasteiger partial charge in [-0.25, -0.2) is 4.39 Å². The second-order valence-corrected chi connectivity index (χ2v) is 7.97. The van der Waals surface area contributed by atoms with E-state index in [0.717, 1.165) is 44.8 Å². The normalized spacial score (nSPS) is 18.4. The number of hydrogen-bond acceptors (Lipinski definition) is 5. The monoisotopic (exact) mass is 403 g/mol. The van der Waals surface area contributed by atoms with Crippen LogP contribution < -0.4 is 9.64 Å². The lowest BCUT2D eigenvalue weighted by Crippen LogP contribution is -2.47. The number of amides is 2. The summed E-state index contributed by atoms with van der Waals surface area (Å²) in [7, 11) is 0. The minimum atomic E-state index is -0.266. The molecule has 7 heteroatoms. The van der Waals surface area contributed by atoms with Gasteiger partial charge in [0.1, 0.15) is 11.6 Å². The van der Waals surface area contributed by atoms with Gasteiger partial charge < -0.3 is 9.64 Å². The fraction of sp³-hybridized carbons (Fsp3) is 0.545. The van der Waals surface area contributed by atoms with Crippen molar-refractivity contribution in [1.82, 2.24) is 9.80 Å². The fourth-order valence-electron chi connectivity index (χ4n) is 3.78. The molecule has 1 aromatic rings. The Labute approximate surface area is 171 Å². The molecule has 0 unspecified atom stereocenters. The first-order valence-corrected chi connectivity index (χ1v) is 10.2. The van der Waals surface area contributed by atoms with E-state index in [1.165, 1.54) is 17.0 Å². The molecule has 0 aliphatic carbocycles. The zero-order valence-corrected chi connectivity index (χ0v) is 17.7. The Kier molecular flexibility index (Phi) is 6.57. The molecule has 2 heterocycles. The molecule has 0 spiro atoms. The van der Waals surface area contributed by atoms with Crippen LogP contribution in [-0.2, 0) is 9.59 Å². The van der Waals surface area contributed by atoms with E-state index in [-0.39, 0.29) is 23.7 Å². The van der Waals surface area contributed by atoms with E-state index in [4.69, 9.17) is 4.74 Å². The highest BCUT2D eigenvalue weighted by atomic mass is 19.1. The summed E-state index contributed by atoms with van der Waals surface area (Å²) in [6.07, 6.45) is 0.776. The predicted molar refractivity (Wildman–Crippen MR) is 111 cm³/mol. The maximum atomic E-state index is 13.8. The van der Waals surface area contributed by atoms with Gasteiger partial charge in [-0.15, -0.1) is 0 Å². The van der Waals surface area contributed by atoms with Crippen LogP contribution in [0.15, 0.2) is 29.3 Å². The van der Waals surface area contributed by atoms with E-state index in [0.29, 0.717) is 23.4 Å². The van der Waals surface area contributed by atoms with Crippen molar-refractivity contribution in [3.8, 4) is 5.75 Å². The van der Waals surface area contributed by atoms with Gasteiger partial charge >= 0.3 is 0 Å². The van der Waals surface area contributed by atoms with Crippen molar-refractivity contribution >= 4 is 17.5 Å². The summed E-state index contributed by atoms with van der Waals surface area (Å²) in [5, 5.41) is 0. The van der Waals surface area contributed by atoms with Crippen molar-refractivity contribution in [2.75, 3.05) is 44.2 Å². The molecular weight excluding hydrogens is 373 g/mol. The SMILES string of the molecule is CC1=C(C)C(=O)N(CCCN2CCN(c3cc(F)ccc3OC(C)C)CC2)C1=O. The minimum Gasteiger partial charge on any atom is -0.489 e. The van der Waals surface area contributed by atoms with E-state index in [1.54, 1.807) is 19.9 Å². The third kappa shape index (κ3) is 4.78. The molecule has 6 nitrogen and oxygen atoms in total. The van der Waals surface area contributed by atoms with Crippen LogP contribution >= 0.6 is 0 Å². The lowest BCUT2D eigenvalue weighted by molar-refractivity contribution is -0.137. The zero-order chi connectivity index (χ0) is 21.1. The first kappa shape index (κ1) is 21.3. The summed E-state index contributed by atoms with van der Waals surface area (Å²) >= 11 is 0. The van der Waals surface area contributed by atoms with Crippen LogP contribution in [0.2, 0.25) is 0 Å². The molecule has 3 rings (SSSR count). The van der Waals surface area contributed by atoms with Gasteiger partial charge in [-0.2, -0.15) is 0 Å². The van der Waals surface area contributed by atoms with Crippen molar-refractivity contribution in [3.63, 3.8) is 0 Å². The predicted octanol–water partition coefficient (Wildman–Crippen LogP) is 2.83. The number of rotatable bonds is 7. The minimum absolute atomic E-state index is 0.0262. The van der Waals surface area contributed by atoms with Gasteiger partial charge in [0.15, 0.2) is 0 Å². The van der Waals surface area contributed by atoms with Gasteiger partial charge in [-0.1, -0.05) is 0 Å². The molecule has 0 saturated carbocycles. The first-order chi connectivity index (χ1) is 13.8. The molecule has 158 valence electrons. The van der Waals surface area contributed by atoms with E-state index in [2.05, 4.69) is 9.80 Å². The van der Waals surface area contributed by atoms with E-state index < -0.39 is 0 Å². The molecule has 1 saturated heterocycles. The molecule has 1 aromatic carbocycles. The highest BCUT2D eigenvalue weighted by Gasteiger charge is 2.32. The maximum Gasteiger partial charge on any atom is 0.256 e. The van der Waals surface area contributed by atoms with Gasteiger partial charge in [0.2, 0.25) is 0 Å². The second kappa shape index (κ2) is 8.95. The lowest BCUT2D eigenvalue weighted by atomic mass is 10.2. The summed E-state index contributed by atoms with van der Waals surface area (Å²) < 4.78 is 19.6. The maximum absolute atomic E-state index is 13.8. The van der Waals surface area contributed by atoms with Gasteiger partial charge in [0.05, 0.1) is 11.8 Å². The Bertz CT molecular complexity index is 790. The molecular formula is C22H30FN3O3. The van der Waals surface area contributed by atoms with Crippen molar-refractivity contribution in [1.29, 1.82) is 0 Å². The molecule has 0 atom stereocenters. The topological polar surface area (TPSA) is 53.1 Å². The third-order valence-corrected chi connectivity index (χ3v) is 5.55. The Morgan fingerprint density at radius 2 is 1.62 bits per heavy atom. The number of carbonyl (C=O) groups excluding carboxylic acids is 2. The smallest absolute Gasteiger partial charge is 0.256 e. The molecule has 29 heavy (non-hydrogen) atoms. The van der Waals surface area contributed by atoms with E-state index >= 15 is 0 Å². The number of anilines is 1. The summed E-state index contributed by atoms with van der Waals surface area (Å²) in [5.41, 5.74) is 1.90. The molecule has 0 radical (unpaired) electrons. The van der Waals surface area contributed by atoms with Crippen molar-refractivity contribution in [3.05, 3.63) is 35.2 Å². The largest absolute Gasteiger partial charge is 0.489 e. The standard InChI is InChI=1S/C22H30FN3O3/c1-15(2)29-20-7-6-18(23)14-19(20)25-12-10-24(11-13-25)8-5-9-26-21(27)16(3)17(4)22(26)28/h6-7,14-15H,5,8-13H2,1-4H3. The summed E-state index contributed by atoms with van der Waals surface area (Å²) in [5.74, 6) is 0.110. The molecule has 0 aromatic heterocycles. The van der Waals surface area contributed by atoms with Gasteiger partial charge in [-0.05, 0) is 52.8 Å². The molecule has 1 fully saturated rings. The second-order valence-electron chi connectivity index (χ2n) is 7.97. The molecule has 2 aliphatic rings. The van der Waals surface area contributed by atoms with Gasteiger partial charge in [0, 0.05) is 49.9 Å². The Hall–Kier alpha value is -2.41. The highest BCUT2D eigenvalue weighted by molar-refractivity contribution is 6.18. The number of piperazine rings is 1. The van der Waals surface area contributed by atoms with Crippen LogP contribution in [0, 0.1) is 5.82 Å². The number of imide groups is 1. The number of nitrogens with zero attached hydrogens (tertiary/aromatic N) is 3. The number of ether oxygens (including phenoxy) is 1. The van der Waals surface area contributed by atoms with Crippen LogP contribution in [0.25, 0.3) is 0 Å². The first-order valence-electron chi connectivity index (χ1n) is 10.2. The number of carbonyl (C=O) groups is 2. The van der Waals surface area contributed by atoms with Crippen molar-refractivity contribution in [2.24, 2.45) is 0 Å². The number of hydrogen-bond donors (Lipinski definition) is 0. The molecule has 2 amide bonds. The van der Waals surface area contributed by atoms with Gasteiger partial charge in [0.25, 0.3) is 11.8 Å². The Balaban J connectivity index is 1.50. The fourth-order valence-corrected chi connectivity index (χ4v) is 3.78. The average Bonchev–Trinajstić information content (AvgIpc) is 2.87. The van der Waals surface area contributed by atoms with Gasteiger partial charge in [-0.3, -0.25) is 19.4 Å². The third-order valence-electron chi connectivity index (χ3n) is 5.55. The van der Waals surface area contributed by atoms with Crippen LogP contribution in [0.1, 0.15) is 34.1 Å². The van der Waals surface area contributed by atoms with Crippen LogP contribution in [0.5, 0.6) is 5.75 Å². The van der Waals surface area contributed by atoms with Crippen LogP contribution in [-0.4, -0.2) is 67.0 Å². The number of halogens is 1. The van der Waals surface area contributed by atoms with Crippen LogP contribution in [0.4, 0.5) is 10.1 Å². The Morgan fingerprint density at radius 1 is 1.00 bits per heavy atom. The van der Waals surface area contributed by atoms with E-state index in [9.17, 15) is 14.0 Å². The molecule has 0 N–H and O–H groups in total. The van der Waals surface area contributed by atoms with Crippen molar-refractivity contribution < 1.29 is 18.7 Å². The molecule has 0 bridgehead atoms. The highest BCUT2D eigenvalue weighted by Crippen LogP contribution is 2.31. The van der Waals surface area contributed by atoms with Crippen molar-refractivity contribution in [2.45, 2.75) is 40.2 Å². The number of benzene rings is 1. The zero-order valence-electron chi connectivity index (χ0n) is 17.7. The lowest BCUT2D eigenvalue weighted by Gasteiger charge is -2.37. The molecule has 2 aliphatic heterocycles. The summed E-state index contributed by atoms with van der Waals surface area (Å²) in [6.45, 7) is 11.8. The average molecular weight is 403 g/mol. The van der Waals surface area contributed by atoms with E-state index in [1.807, 2.05) is 13.8 Å². The Morgan fingerprint density at radius 3 is 2.21 bits per heavy atom. The summed E-state index contributed by atoms with van der Waals surface area (Å²) in [6, 6.07) is 4.66. The quantitative estimate of drug-likeness (QED) is 0.656. The van der Waals surface area contributed by atoms with Crippen LogP contribution in [0.3, 0.4) is 0 Å². The summed E-state index contributed by atoms with van der Waals surface area (Å²) in [4.78, 5) is 30.1.